The molecular weight excluding hydrogens is 437 g/mol. The number of halogens is 3. The topological polar surface area (TPSA) is 94.4 Å². The highest BCUT2D eigenvalue weighted by Gasteiger charge is 2.35. The summed E-state index contributed by atoms with van der Waals surface area (Å²) in [6, 6.07) is 7.16. The highest BCUT2D eigenvalue weighted by molar-refractivity contribution is 5.95. The zero-order valence-electron chi connectivity index (χ0n) is 19.4. The first kappa shape index (κ1) is 25.9. The van der Waals surface area contributed by atoms with Gasteiger partial charge in [0.25, 0.3) is 5.91 Å². The Bertz CT molecular complexity index is 1040. The van der Waals surface area contributed by atoms with Crippen LogP contribution in [0, 0.1) is 16.7 Å². The zero-order valence-corrected chi connectivity index (χ0v) is 19.4. The maximum absolute atomic E-state index is 13.3. The van der Waals surface area contributed by atoms with E-state index >= 15 is 0 Å². The predicted octanol–water partition coefficient (Wildman–Crippen LogP) is 3.63. The Kier molecular flexibility index (Phi) is 7.87. The van der Waals surface area contributed by atoms with Gasteiger partial charge >= 0.3 is 6.18 Å². The fourth-order valence-electron chi connectivity index (χ4n) is 2.96. The van der Waals surface area contributed by atoms with Gasteiger partial charge in [-0.1, -0.05) is 26.8 Å². The van der Waals surface area contributed by atoms with Crippen molar-refractivity contribution in [2.24, 2.45) is 5.41 Å². The molecule has 0 atom stereocenters. The SMILES string of the molecule is COc1cc(C(=O)NN(CC(C)(C)C)c2cc(C(F)(F)F)nc(C#N)n2)ccc1CN(C)C. The van der Waals surface area contributed by atoms with Crippen molar-refractivity contribution in [3.8, 4) is 11.8 Å². The fraction of sp³-hybridized carbons (Fsp3) is 0.455. The first-order valence-electron chi connectivity index (χ1n) is 10.00. The minimum Gasteiger partial charge on any atom is -0.496 e. The fourth-order valence-corrected chi connectivity index (χ4v) is 2.96. The van der Waals surface area contributed by atoms with E-state index in [1.54, 1.807) is 18.2 Å². The van der Waals surface area contributed by atoms with Crippen molar-refractivity contribution in [1.82, 2.24) is 20.3 Å². The molecule has 0 aliphatic rings. The second-order valence-electron chi connectivity index (χ2n) is 8.90. The van der Waals surface area contributed by atoms with Gasteiger partial charge in [-0.15, -0.1) is 0 Å². The molecule has 1 aromatic carbocycles. The molecule has 2 rings (SSSR count). The van der Waals surface area contributed by atoms with Gasteiger partial charge in [0.1, 0.15) is 11.8 Å². The molecule has 11 heteroatoms. The zero-order chi connectivity index (χ0) is 25.0. The first-order chi connectivity index (χ1) is 15.2. The molecule has 0 aliphatic heterocycles. The summed E-state index contributed by atoms with van der Waals surface area (Å²) in [5.74, 6) is -0.956. The van der Waals surface area contributed by atoms with E-state index in [-0.39, 0.29) is 17.9 Å². The highest BCUT2D eigenvalue weighted by atomic mass is 19.4. The number of aromatic nitrogens is 2. The van der Waals surface area contributed by atoms with Crippen LogP contribution in [0.1, 0.15) is 48.2 Å². The lowest BCUT2D eigenvalue weighted by molar-refractivity contribution is -0.141. The summed E-state index contributed by atoms with van der Waals surface area (Å²) in [5, 5.41) is 10.3. The standard InChI is InChI=1S/C22H27F3N6O2/c1-21(2,3)13-31(19-10-17(22(23,24)25)27-18(11-26)28-19)29-20(32)14-7-8-15(12-30(4)5)16(9-14)33-6/h7-10H,12-13H2,1-6H3,(H,29,32). The van der Waals surface area contributed by atoms with Crippen LogP contribution in [0.3, 0.4) is 0 Å². The molecule has 0 saturated heterocycles. The number of ether oxygens (including phenoxy) is 1. The number of alkyl halides is 3. The maximum Gasteiger partial charge on any atom is 0.433 e. The van der Waals surface area contributed by atoms with Crippen LogP contribution in [0.2, 0.25) is 0 Å². The third-order valence-electron chi connectivity index (χ3n) is 4.28. The van der Waals surface area contributed by atoms with Crippen molar-refractivity contribution in [3.63, 3.8) is 0 Å². The van der Waals surface area contributed by atoms with E-state index in [4.69, 9.17) is 10.00 Å². The largest absolute Gasteiger partial charge is 0.496 e. The number of nitrogens with zero attached hydrogens (tertiary/aromatic N) is 5. The Morgan fingerprint density at radius 2 is 1.85 bits per heavy atom. The van der Waals surface area contributed by atoms with Gasteiger partial charge in [0.15, 0.2) is 11.5 Å². The van der Waals surface area contributed by atoms with Crippen LogP contribution in [0.5, 0.6) is 5.75 Å². The van der Waals surface area contributed by atoms with Crippen molar-refractivity contribution in [1.29, 1.82) is 5.26 Å². The highest BCUT2D eigenvalue weighted by Crippen LogP contribution is 2.30. The number of carbonyl (C=O) groups is 1. The predicted molar refractivity (Wildman–Crippen MR) is 116 cm³/mol. The van der Waals surface area contributed by atoms with Crippen LogP contribution in [0.25, 0.3) is 0 Å². The smallest absolute Gasteiger partial charge is 0.433 e. The second-order valence-corrected chi connectivity index (χ2v) is 8.90. The Morgan fingerprint density at radius 3 is 2.36 bits per heavy atom. The number of rotatable bonds is 7. The summed E-state index contributed by atoms with van der Waals surface area (Å²) in [7, 11) is 5.29. The summed E-state index contributed by atoms with van der Waals surface area (Å²) >= 11 is 0. The van der Waals surface area contributed by atoms with Crippen molar-refractivity contribution < 1.29 is 22.7 Å². The third kappa shape index (κ3) is 7.32. The minimum atomic E-state index is -4.78. The van der Waals surface area contributed by atoms with E-state index < -0.39 is 29.0 Å². The Hall–Kier alpha value is -3.39. The molecule has 0 aliphatic carbocycles. The number of nitriles is 1. The Balaban J connectivity index is 2.45. The quantitative estimate of drug-likeness (QED) is 0.625. The van der Waals surface area contributed by atoms with E-state index in [2.05, 4.69) is 15.4 Å². The normalized spacial score (nSPS) is 11.8. The summed E-state index contributed by atoms with van der Waals surface area (Å²) in [6.45, 7) is 6.26. The van der Waals surface area contributed by atoms with Crippen LogP contribution in [0.4, 0.5) is 19.0 Å². The average Bonchev–Trinajstić information content (AvgIpc) is 2.71. The number of amides is 1. The Morgan fingerprint density at radius 1 is 1.18 bits per heavy atom. The summed E-state index contributed by atoms with van der Waals surface area (Å²) < 4.78 is 45.3. The van der Waals surface area contributed by atoms with Crippen LogP contribution in [0.15, 0.2) is 24.3 Å². The van der Waals surface area contributed by atoms with Gasteiger partial charge in [-0.3, -0.25) is 15.2 Å². The van der Waals surface area contributed by atoms with E-state index in [9.17, 15) is 18.0 Å². The van der Waals surface area contributed by atoms with Gasteiger partial charge in [0.2, 0.25) is 5.82 Å². The monoisotopic (exact) mass is 464 g/mol. The number of anilines is 1. The molecule has 8 nitrogen and oxygen atoms in total. The molecule has 0 unspecified atom stereocenters. The van der Waals surface area contributed by atoms with Gasteiger partial charge < -0.3 is 9.64 Å². The van der Waals surface area contributed by atoms with Crippen LogP contribution in [-0.2, 0) is 12.7 Å². The van der Waals surface area contributed by atoms with Crippen LogP contribution >= 0.6 is 0 Å². The van der Waals surface area contributed by atoms with Crippen molar-refractivity contribution >= 4 is 11.7 Å². The maximum atomic E-state index is 13.3. The molecule has 178 valence electrons. The number of hydrazine groups is 1. The minimum absolute atomic E-state index is 0.119. The summed E-state index contributed by atoms with van der Waals surface area (Å²) in [6.07, 6.45) is -4.78. The first-order valence-corrected chi connectivity index (χ1v) is 10.00. The number of benzene rings is 1. The second kappa shape index (κ2) is 10.0. The summed E-state index contributed by atoms with van der Waals surface area (Å²) in [5.41, 5.74) is 2.02. The molecule has 33 heavy (non-hydrogen) atoms. The molecule has 0 saturated carbocycles. The molecule has 1 aromatic heterocycles. The van der Waals surface area contributed by atoms with E-state index in [0.717, 1.165) is 5.56 Å². The molecule has 0 bridgehead atoms. The van der Waals surface area contributed by atoms with Gasteiger partial charge in [0, 0.05) is 30.3 Å². The lowest BCUT2D eigenvalue weighted by atomic mass is 9.96. The number of carbonyl (C=O) groups excluding carboxylic acids is 1. The summed E-state index contributed by atoms with van der Waals surface area (Å²) in [4.78, 5) is 22.1. The molecular formula is C22H27F3N6O2. The van der Waals surface area contributed by atoms with E-state index in [1.807, 2.05) is 39.8 Å². The number of methoxy groups -OCH3 is 1. The number of hydrogen-bond acceptors (Lipinski definition) is 7. The molecule has 0 spiro atoms. The molecule has 0 radical (unpaired) electrons. The molecule has 0 fully saturated rings. The van der Waals surface area contributed by atoms with E-state index in [0.29, 0.717) is 18.4 Å². The van der Waals surface area contributed by atoms with Gasteiger partial charge in [-0.2, -0.15) is 23.4 Å². The number of hydrogen-bond donors (Lipinski definition) is 1. The van der Waals surface area contributed by atoms with Crippen LogP contribution < -0.4 is 15.2 Å². The van der Waals surface area contributed by atoms with Gasteiger partial charge in [0.05, 0.1) is 7.11 Å². The van der Waals surface area contributed by atoms with Crippen molar-refractivity contribution in [3.05, 3.63) is 46.9 Å². The average molecular weight is 464 g/mol. The van der Waals surface area contributed by atoms with Gasteiger partial charge in [-0.05, 0) is 31.6 Å². The lowest BCUT2D eigenvalue weighted by Gasteiger charge is -2.31. The van der Waals surface area contributed by atoms with Gasteiger partial charge in [-0.25, -0.2) is 4.98 Å². The molecule has 1 amide bonds. The third-order valence-corrected chi connectivity index (χ3v) is 4.28. The lowest BCUT2D eigenvalue weighted by Crippen LogP contribution is -2.47. The van der Waals surface area contributed by atoms with Crippen molar-refractivity contribution in [2.45, 2.75) is 33.5 Å². The molecule has 1 N–H and O–H groups in total. The number of nitrogens with one attached hydrogen (secondary N) is 1. The molecule has 1 heterocycles. The van der Waals surface area contributed by atoms with Crippen LogP contribution in [-0.4, -0.2) is 48.5 Å². The van der Waals surface area contributed by atoms with E-state index in [1.165, 1.54) is 18.2 Å². The van der Waals surface area contributed by atoms with Crippen molar-refractivity contribution in [2.75, 3.05) is 32.8 Å². The Labute approximate surface area is 191 Å². The molecule has 2 aromatic rings.